The molecule has 0 spiro atoms. The molecule has 1 fully saturated rings. The minimum Gasteiger partial charge on any atom is -0.484 e. The molecule has 114 valence electrons. The Morgan fingerprint density at radius 1 is 1.29 bits per heavy atom. The molecule has 1 saturated carbocycles. The Morgan fingerprint density at radius 2 is 2.00 bits per heavy atom. The molecule has 1 aliphatic rings. The Bertz CT molecular complexity index is 506. The molecule has 1 aliphatic carbocycles. The number of amides is 2. The van der Waals surface area contributed by atoms with Crippen LogP contribution in [0.1, 0.15) is 13.3 Å². The van der Waals surface area contributed by atoms with E-state index in [0.29, 0.717) is 18.8 Å². The summed E-state index contributed by atoms with van der Waals surface area (Å²) < 4.78 is 23.1. The molecule has 2 unspecified atom stereocenters. The van der Waals surface area contributed by atoms with Gasteiger partial charge < -0.3 is 9.47 Å². The zero-order valence-corrected chi connectivity index (χ0v) is 11.6. The third-order valence-electron chi connectivity index (χ3n) is 2.96. The normalized spacial score (nSPS) is 19.7. The van der Waals surface area contributed by atoms with Crippen molar-refractivity contribution in [3.05, 3.63) is 30.1 Å². The van der Waals surface area contributed by atoms with E-state index in [4.69, 9.17) is 9.47 Å². The summed E-state index contributed by atoms with van der Waals surface area (Å²) >= 11 is 0. The highest BCUT2D eigenvalue weighted by Gasteiger charge is 2.44. The predicted molar refractivity (Wildman–Crippen MR) is 71.7 cm³/mol. The molecule has 6 nitrogen and oxygen atoms in total. The van der Waals surface area contributed by atoms with Gasteiger partial charge in [0.15, 0.2) is 6.61 Å². The molecule has 1 aromatic rings. The standard InChI is InChI=1S/C14H17FN2O4/c1-2-20-12-7-11(12)14(19)17-16-13(18)8-21-10-5-3-9(15)4-6-10/h3-6,11-12H,2,7-8H2,1H3,(H,16,18)(H,17,19). The van der Waals surface area contributed by atoms with Crippen LogP contribution in [0.15, 0.2) is 24.3 Å². The quantitative estimate of drug-likeness (QED) is 0.761. The van der Waals surface area contributed by atoms with Gasteiger partial charge >= 0.3 is 0 Å². The second-order valence-electron chi connectivity index (χ2n) is 4.62. The molecule has 2 amide bonds. The molecule has 2 rings (SSSR count). The highest BCUT2D eigenvalue weighted by molar-refractivity contribution is 5.85. The number of ether oxygens (including phenoxy) is 2. The first-order valence-electron chi connectivity index (χ1n) is 6.68. The van der Waals surface area contributed by atoms with Crippen molar-refractivity contribution in [2.24, 2.45) is 5.92 Å². The molecular formula is C14H17FN2O4. The Balaban J connectivity index is 1.64. The van der Waals surface area contributed by atoms with Crippen molar-refractivity contribution < 1.29 is 23.5 Å². The molecule has 7 heteroatoms. The maximum absolute atomic E-state index is 12.7. The molecule has 2 atom stereocenters. The number of hydrogen-bond acceptors (Lipinski definition) is 4. The monoisotopic (exact) mass is 296 g/mol. The lowest BCUT2D eigenvalue weighted by Crippen LogP contribution is -2.44. The number of rotatable bonds is 6. The molecule has 0 radical (unpaired) electrons. The lowest BCUT2D eigenvalue weighted by molar-refractivity contribution is -0.131. The zero-order chi connectivity index (χ0) is 15.2. The van der Waals surface area contributed by atoms with Crippen LogP contribution in [0.4, 0.5) is 4.39 Å². The smallest absolute Gasteiger partial charge is 0.276 e. The maximum atomic E-state index is 12.7. The summed E-state index contributed by atoms with van der Waals surface area (Å²) in [6.45, 7) is 2.15. The average Bonchev–Trinajstić information content (AvgIpc) is 3.24. The van der Waals surface area contributed by atoms with E-state index in [9.17, 15) is 14.0 Å². The SMILES string of the molecule is CCOC1CC1C(=O)NNC(=O)COc1ccc(F)cc1. The fourth-order valence-corrected chi connectivity index (χ4v) is 1.79. The fraction of sp³-hybridized carbons (Fsp3) is 0.429. The van der Waals surface area contributed by atoms with Gasteiger partial charge in [-0.3, -0.25) is 20.4 Å². The summed E-state index contributed by atoms with van der Waals surface area (Å²) in [7, 11) is 0. The topological polar surface area (TPSA) is 76.7 Å². The van der Waals surface area contributed by atoms with Crippen LogP contribution in [0.25, 0.3) is 0 Å². The van der Waals surface area contributed by atoms with Crippen LogP contribution in [0, 0.1) is 11.7 Å². The summed E-state index contributed by atoms with van der Waals surface area (Å²) in [5, 5.41) is 0. The summed E-state index contributed by atoms with van der Waals surface area (Å²) in [4.78, 5) is 23.1. The van der Waals surface area contributed by atoms with Gasteiger partial charge in [0.05, 0.1) is 12.0 Å². The summed E-state index contributed by atoms with van der Waals surface area (Å²) in [5.41, 5.74) is 4.57. The fourth-order valence-electron chi connectivity index (χ4n) is 1.79. The molecule has 0 saturated heterocycles. The summed E-state index contributed by atoms with van der Waals surface area (Å²) in [6.07, 6.45) is 0.615. The van der Waals surface area contributed by atoms with Crippen molar-refractivity contribution in [1.29, 1.82) is 0 Å². The predicted octanol–water partition coefficient (Wildman–Crippen LogP) is 0.777. The van der Waals surface area contributed by atoms with Gasteiger partial charge in [0, 0.05) is 6.61 Å². The van der Waals surface area contributed by atoms with Gasteiger partial charge in [0.1, 0.15) is 11.6 Å². The van der Waals surface area contributed by atoms with E-state index >= 15 is 0 Å². The maximum Gasteiger partial charge on any atom is 0.276 e. The van der Waals surface area contributed by atoms with Crippen LogP contribution in [-0.2, 0) is 14.3 Å². The first kappa shape index (κ1) is 15.2. The number of hydrogen-bond donors (Lipinski definition) is 2. The van der Waals surface area contributed by atoms with E-state index in [-0.39, 0.29) is 30.4 Å². The number of hydrazine groups is 1. The Hall–Kier alpha value is -2.15. The lowest BCUT2D eigenvalue weighted by Gasteiger charge is -2.08. The molecular weight excluding hydrogens is 279 g/mol. The van der Waals surface area contributed by atoms with Crippen LogP contribution in [0.2, 0.25) is 0 Å². The summed E-state index contributed by atoms with van der Waals surface area (Å²) in [6, 6.07) is 5.29. The van der Waals surface area contributed by atoms with E-state index in [2.05, 4.69) is 10.9 Å². The van der Waals surface area contributed by atoms with E-state index in [1.54, 1.807) is 0 Å². The average molecular weight is 296 g/mol. The van der Waals surface area contributed by atoms with Gasteiger partial charge in [0.2, 0.25) is 5.91 Å². The number of benzene rings is 1. The second kappa shape index (κ2) is 7.03. The summed E-state index contributed by atoms with van der Waals surface area (Å²) in [5.74, 6) is -0.989. The Morgan fingerprint density at radius 3 is 2.67 bits per heavy atom. The van der Waals surface area contributed by atoms with Crippen LogP contribution >= 0.6 is 0 Å². The molecule has 0 bridgehead atoms. The minimum atomic E-state index is -0.499. The number of halogens is 1. The number of nitrogens with one attached hydrogen (secondary N) is 2. The molecule has 1 aromatic carbocycles. The van der Waals surface area contributed by atoms with Crippen LogP contribution in [0.3, 0.4) is 0 Å². The molecule has 21 heavy (non-hydrogen) atoms. The van der Waals surface area contributed by atoms with Crippen LogP contribution in [0.5, 0.6) is 5.75 Å². The first-order chi connectivity index (χ1) is 10.1. The minimum absolute atomic E-state index is 0.0534. The van der Waals surface area contributed by atoms with Gasteiger partial charge in [-0.15, -0.1) is 0 Å². The molecule has 0 aliphatic heterocycles. The van der Waals surface area contributed by atoms with E-state index < -0.39 is 5.91 Å². The Labute approximate surface area is 121 Å². The van der Waals surface area contributed by atoms with Gasteiger partial charge in [-0.1, -0.05) is 0 Å². The second-order valence-corrected chi connectivity index (χ2v) is 4.62. The van der Waals surface area contributed by atoms with Crippen molar-refractivity contribution >= 4 is 11.8 Å². The molecule has 0 heterocycles. The van der Waals surface area contributed by atoms with E-state index in [1.807, 2.05) is 6.92 Å². The first-order valence-corrected chi connectivity index (χ1v) is 6.68. The number of carbonyl (C=O) groups excluding carboxylic acids is 2. The lowest BCUT2D eigenvalue weighted by atomic mass is 10.3. The van der Waals surface area contributed by atoms with Crippen LogP contribution < -0.4 is 15.6 Å². The largest absolute Gasteiger partial charge is 0.484 e. The number of carbonyl (C=O) groups is 2. The van der Waals surface area contributed by atoms with Crippen LogP contribution in [-0.4, -0.2) is 31.1 Å². The zero-order valence-electron chi connectivity index (χ0n) is 11.6. The third kappa shape index (κ3) is 4.71. The Kier molecular flexibility index (Phi) is 5.10. The van der Waals surface area contributed by atoms with Crippen molar-refractivity contribution in [2.45, 2.75) is 19.4 Å². The van der Waals surface area contributed by atoms with Crippen molar-refractivity contribution in [1.82, 2.24) is 10.9 Å². The van der Waals surface area contributed by atoms with Crippen molar-refractivity contribution in [3.63, 3.8) is 0 Å². The van der Waals surface area contributed by atoms with Gasteiger partial charge in [0.25, 0.3) is 5.91 Å². The highest BCUT2D eigenvalue weighted by Crippen LogP contribution is 2.33. The third-order valence-corrected chi connectivity index (χ3v) is 2.96. The van der Waals surface area contributed by atoms with Gasteiger partial charge in [-0.2, -0.15) is 0 Å². The van der Waals surface area contributed by atoms with Gasteiger partial charge in [-0.25, -0.2) is 4.39 Å². The van der Waals surface area contributed by atoms with Crippen molar-refractivity contribution in [3.8, 4) is 5.75 Å². The molecule has 0 aromatic heterocycles. The van der Waals surface area contributed by atoms with Crippen molar-refractivity contribution in [2.75, 3.05) is 13.2 Å². The molecule has 2 N–H and O–H groups in total. The van der Waals surface area contributed by atoms with Gasteiger partial charge in [-0.05, 0) is 37.6 Å². The van der Waals surface area contributed by atoms with E-state index in [1.165, 1.54) is 24.3 Å². The van der Waals surface area contributed by atoms with E-state index in [0.717, 1.165) is 0 Å². The highest BCUT2D eigenvalue weighted by atomic mass is 19.1.